The minimum atomic E-state index is -1.92. The number of carbonyl (C=O) groups excluding carboxylic acids is 11. The van der Waals surface area contributed by atoms with Crippen molar-refractivity contribution < 1.29 is 63.0 Å². The molecular formula is C64H82ClN17O13. The highest BCUT2D eigenvalue weighted by molar-refractivity contribution is 6.30. The van der Waals surface area contributed by atoms with Gasteiger partial charge in [-0.1, -0.05) is 86.1 Å². The van der Waals surface area contributed by atoms with E-state index in [2.05, 4.69) is 73.7 Å². The summed E-state index contributed by atoms with van der Waals surface area (Å²) in [5, 5.41) is 45.9. The molecule has 6 aromatic rings. The van der Waals surface area contributed by atoms with E-state index in [0.29, 0.717) is 38.2 Å². The molecule has 2 heterocycles. The lowest BCUT2D eigenvalue weighted by Gasteiger charge is -2.28. The van der Waals surface area contributed by atoms with Gasteiger partial charge in [0.05, 0.1) is 12.5 Å². The van der Waals surface area contributed by atoms with E-state index >= 15 is 0 Å². The van der Waals surface area contributed by atoms with Crippen molar-refractivity contribution in [2.75, 3.05) is 13.6 Å². The molecule has 12 amide bonds. The highest BCUT2D eigenvalue weighted by Crippen LogP contribution is 2.22. The number of guanidine groups is 1. The predicted octanol–water partition coefficient (Wildman–Crippen LogP) is -0.507. The fraction of sp³-hybridized carbons (Fsp3) is 0.375. The zero-order valence-electron chi connectivity index (χ0n) is 53.0. The number of primary amides is 2. The molecule has 0 aliphatic carbocycles. The highest BCUT2D eigenvalue weighted by atomic mass is 35.5. The molecule has 0 radical (unpaired) electrons. The van der Waals surface area contributed by atoms with E-state index < -0.39 is 126 Å². The maximum absolute atomic E-state index is 14.5. The smallest absolute Gasteiger partial charge is 0.334 e. The van der Waals surface area contributed by atoms with E-state index in [4.69, 9.17) is 28.8 Å². The Morgan fingerprint density at radius 1 is 0.537 bits per heavy atom. The van der Waals surface area contributed by atoms with Crippen LogP contribution in [-0.2, 0) is 73.6 Å². The second kappa shape index (κ2) is 35.3. The van der Waals surface area contributed by atoms with Gasteiger partial charge >= 0.3 is 6.03 Å². The molecule has 0 saturated carbocycles. The molecule has 30 nitrogen and oxygen atoms in total. The minimum absolute atomic E-state index is 0.00461. The monoisotopic (exact) mass is 1330 g/mol. The molecule has 0 bridgehead atoms. The van der Waals surface area contributed by atoms with Crippen LogP contribution in [0.1, 0.15) is 75.6 Å². The zero-order valence-corrected chi connectivity index (χ0v) is 53.7. The van der Waals surface area contributed by atoms with Crippen LogP contribution in [0.4, 0.5) is 4.79 Å². The quantitative estimate of drug-likeness (QED) is 0.0107. The number of phenolic OH excluding ortho intramolecular Hbond substituents is 1. The first-order valence-corrected chi connectivity index (χ1v) is 30.9. The van der Waals surface area contributed by atoms with Crippen LogP contribution in [0.25, 0.3) is 21.8 Å². The van der Waals surface area contributed by atoms with Crippen molar-refractivity contribution in [2.45, 2.75) is 134 Å². The number of halogens is 1. The number of nitrogens with zero attached hydrogens (tertiary/aromatic N) is 1. The molecular weight excluding hydrogens is 1250 g/mol. The van der Waals surface area contributed by atoms with E-state index in [0.717, 1.165) is 17.8 Å². The first-order valence-electron chi connectivity index (χ1n) is 30.5. The highest BCUT2D eigenvalue weighted by Gasteiger charge is 2.36. The molecule has 6 rings (SSSR count). The molecule has 0 spiro atoms. The Morgan fingerprint density at radius 3 is 1.55 bits per heavy atom. The summed E-state index contributed by atoms with van der Waals surface area (Å²) in [6.07, 6.45) is 0.397. The number of aliphatic hydroxyl groups is 1. The van der Waals surface area contributed by atoms with Crippen molar-refractivity contribution in [2.24, 2.45) is 28.1 Å². The first-order chi connectivity index (χ1) is 45.2. The third-order valence-corrected chi connectivity index (χ3v) is 15.4. The Kier molecular flexibility index (Phi) is 27.3. The van der Waals surface area contributed by atoms with Crippen molar-refractivity contribution >= 4 is 104 Å². The number of nitrogens with two attached hydrogens (primary N) is 3. The molecule has 0 saturated heterocycles. The molecule has 95 heavy (non-hydrogen) atoms. The van der Waals surface area contributed by atoms with Gasteiger partial charge in [-0.3, -0.25) is 58.4 Å². The third kappa shape index (κ3) is 22.8. The number of aliphatic hydroxyl groups excluding tert-OH is 1. The van der Waals surface area contributed by atoms with Crippen LogP contribution in [0, 0.1) is 5.92 Å². The molecule has 4 aromatic carbocycles. The van der Waals surface area contributed by atoms with Gasteiger partial charge in [-0.15, -0.1) is 0 Å². The van der Waals surface area contributed by atoms with Crippen LogP contribution in [0.2, 0.25) is 5.02 Å². The summed E-state index contributed by atoms with van der Waals surface area (Å²) in [5.74, 6) is -9.56. The molecule has 508 valence electrons. The van der Waals surface area contributed by atoms with E-state index in [1.807, 2.05) is 24.3 Å². The number of phenols is 1. The zero-order chi connectivity index (χ0) is 69.5. The third-order valence-electron chi connectivity index (χ3n) is 15.1. The van der Waals surface area contributed by atoms with Gasteiger partial charge in [0.25, 0.3) is 5.91 Å². The lowest BCUT2D eigenvalue weighted by Crippen LogP contribution is -2.62. The normalized spacial score (nSPS) is 14.2. The summed E-state index contributed by atoms with van der Waals surface area (Å²) in [7, 11) is 1.48. The molecule has 0 aliphatic rings. The molecule has 31 heteroatoms. The summed E-state index contributed by atoms with van der Waals surface area (Å²) < 4.78 is 0. The Bertz CT molecular complexity index is 3730. The maximum atomic E-state index is 14.5. The Hall–Kier alpha value is -10.8. The van der Waals surface area contributed by atoms with E-state index in [-0.39, 0.29) is 69.1 Å². The SMILES string of the molecule is CN=C(N)NCCC[C@H](NC(=O)[C@H](CC(C)C)NC(=O)NNC(=O)[C@H](Cc1ccc(Cl)cc1)NC(=O)[C@@H](NC(=O)[C@H](CC(N)=O)NC(=O)[C@@H](Cc1c[nH]c2ccccc12)NC(=O)[C@@H](Cc1ccc(O)cc1)NC(C)=O)[C@@H](C)O)C(=O)N[C@@H](Cc1c[nH]c2ccccc12)C(N)=O. The summed E-state index contributed by atoms with van der Waals surface area (Å²) in [6, 6.07) is 13.2. The van der Waals surface area contributed by atoms with E-state index in [9.17, 15) is 63.0 Å². The lowest BCUT2D eigenvalue weighted by atomic mass is 10.0. The number of hydrogen-bond acceptors (Lipinski definition) is 14. The fourth-order valence-electron chi connectivity index (χ4n) is 10.3. The number of fused-ring (bicyclic) bond motifs is 2. The first kappa shape index (κ1) is 73.3. The van der Waals surface area contributed by atoms with Crippen LogP contribution in [0.15, 0.2) is 114 Å². The largest absolute Gasteiger partial charge is 0.508 e. The fourth-order valence-corrected chi connectivity index (χ4v) is 10.4. The average molecular weight is 1330 g/mol. The van der Waals surface area contributed by atoms with Gasteiger partial charge in [-0.05, 0) is 90.8 Å². The van der Waals surface area contributed by atoms with Gasteiger partial charge in [0.15, 0.2) is 5.96 Å². The number of rotatable bonds is 33. The maximum Gasteiger partial charge on any atom is 0.334 e. The molecule has 0 unspecified atom stereocenters. The van der Waals surface area contributed by atoms with E-state index in [1.54, 1.807) is 50.5 Å². The number of aromatic hydroxyl groups is 1. The Morgan fingerprint density at radius 2 is 1.01 bits per heavy atom. The second-order valence-electron chi connectivity index (χ2n) is 23.1. The Balaban J connectivity index is 1.17. The number of carbonyl (C=O) groups is 11. The number of nitrogens with one attached hydrogen (secondary N) is 13. The van der Waals surface area contributed by atoms with E-state index in [1.165, 1.54) is 62.5 Å². The molecule has 9 atom stereocenters. The number of hydrazine groups is 1. The van der Waals surface area contributed by atoms with Gasteiger partial charge in [-0.2, -0.15) is 0 Å². The molecule has 0 fully saturated rings. The second-order valence-corrected chi connectivity index (χ2v) is 23.6. The Labute approximate surface area is 551 Å². The van der Waals surface area contributed by atoms with Gasteiger partial charge in [0.2, 0.25) is 53.2 Å². The van der Waals surface area contributed by atoms with Crippen LogP contribution >= 0.6 is 11.6 Å². The number of benzene rings is 4. The van der Waals surface area contributed by atoms with Crippen molar-refractivity contribution in [3.8, 4) is 5.75 Å². The topological polar surface area (TPSA) is 483 Å². The van der Waals surface area contributed by atoms with Crippen molar-refractivity contribution in [1.29, 1.82) is 0 Å². The standard InChI is InChI=1S/C64H82ClN17O13/c1-33(2)25-48(57(89)74-46(15-10-24-70-63(68)69-5)56(88)75-47(55(67)87)28-38-31-71-44-13-8-6-11-42(38)44)79-64(95)82-81-61(93)50(27-36-16-20-40(65)21-17-36)78-62(94)54(34(3)83)80-60(92)52(30-53(66)86)77-59(91)51(29-39-32-72-45-14-9-7-12-43(39)45)76-58(90)49(73-35(4)84)26-37-18-22-41(85)23-19-37/h6-9,11-14,16-23,31-34,46-52,54,71-72,83,85H,10,15,24-30H2,1-5H3,(H2,66,86)(H2,67,87)(H,73,84)(H,74,89)(H,75,88)(H,76,90)(H,77,91)(H,78,94)(H,80,92)(H,81,93)(H3,68,69,70)(H2,79,82,95)/t34-,46+,47+,48+,49-,50+,51-,52+,54+/m1/s1. The summed E-state index contributed by atoms with van der Waals surface area (Å²) in [6.45, 7) is 6.08. The van der Waals surface area contributed by atoms with Crippen LogP contribution < -0.4 is 75.9 Å². The lowest BCUT2D eigenvalue weighted by molar-refractivity contribution is -0.137. The number of aliphatic imine (C=N–C) groups is 1. The van der Waals surface area contributed by atoms with Crippen LogP contribution in [0.3, 0.4) is 0 Å². The number of aromatic amines is 2. The molecule has 0 aliphatic heterocycles. The predicted molar refractivity (Wildman–Crippen MR) is 353 cm³/mol. The molecule has 21 N–H and O–H groups in total. The van der Waals surface area contributed by atoms with Gasteiger partial charge in [0.1, 0.15) is 54.1 Å². The number of para-hydroxylation sites is 2. The number of hydrogen-bond donors (Lipinski definition) is 18. The number of amides is 12. The summed E-state index contributed by atoms with van der Waals surface area (Å²) in [4.78, 5) is 161. The minimum Gasteiger partial charge on any atom is -0.508 e. The van der Waals surface area contributed by atoms with Crippen LogP contribution in [0.5, 0.6) is 5.75 Å². The van der Waals surface area contributed by atoms with Crippen molar-refractivity contribution in [1.82, 2.24) is 68.7 Å². The number of aromatic nitrogens is 2. The van der Waals surface area contributed by atoms with Gasteiger partial charge in [0, 0.05) is 85.4 Å². The van der Waals surface area contributed by atoms with Gasteiger partial charge < -0.3 is 85.2 Å². The van der Waals surface area contributed by atoms with Crippen molar-refractivity contribution in [3.05, 3.63) is 137 Å². The number of H-pyrrole nitrogens is 2. The van der Waals surface area contributed by atoms with Crippen molar-refractivity contribution in [3.63, 3.8) is 0 Å². The summed E-state index contributed by atoms with van der Waals surface area (Å²) in [5.41, 5.74) is 25.3. The molecule has 2 aromatic heterocycles. The number of urea groups is 1. The van der Waals surface area contributed by atoms with Crippen LogP contribution in [-0.4, -0.2) is 159 Å². The average Bonchev–Trinajstić information content (AvgIpc) is 1.83. The summed E-state index contributed by atoms with van der Waals surface area (Å²) >= 11 is 6.15. The van der Waals surface area contributed by atoms with Gasteiger partial charge in [-0.25, -0.2) is 10.2 Å².